The third-order valence-electron chi connectivity index (χ3n) is 3.75. The largest absolute Gasteiger partial charge is 0.395 e. The van der Waals surface area contributed by atoms with Gasteiger partial charge in [0.25, 0.3) is 0 Å². The second kappa shape index (κ2) is 7.63. The summed E-state index contributed by atoms with van der Waals surface area (Å²) in [7, 11) is 2.16. The van der Waals surface area contributed by atoms with Crippen molar-refractivity contribution < 1.29 is 5.11 Å². The molecule has 0 aromatic heterocycles. The average Bonchev–Trinajstić information content (AvgIpc) is 3.26. The van der Waals surface area contributed by atoms with Crippen LogP contribution in [0.3, 0.4) is 0 Å². The highest BCUT2D eigenvalue weighted by molar-refractivity contribution is 5.14. The van der Waals surface area contributed by atoms with Crippen LogP contribution in [-0.4, -0.2) is 48.8 Å². The van der Waals surface area contributed by atoms with E-state index in [-0.39, 0.29) is 12.6 Å². The highest BCUT2D eigenvalue weighted by Gasteiger charge is 2.24. The third kappa shape index (κ3) is 5.72. The van der Waals surface area contributed by atoms with Gasteiger partial charge in [-0.3, -0.25) is 0 Å². The minimum absolute atomic E-state index is 0.253. The lowest BCUT2D eigenvalue weighted by atomic mass is 10.1. The van der Waals surface area contributed by atoms with E-state index >= 15 is 0 Å². The Morgan fingerprint density at radius 2 is 2.00 bits per heavy atom. The van der Waals surface area contributed by atoms with Crippen LogP contribution >= 0.6 is 0 Å². The quantitative estimate of drug-likeness (QED) is 0.710. The molecular weight excluding hydrogens is 236 g/mol. The average molecular weight is 262 g/mol. The van der Waals surface area contributed by atoms with Crippen molar-refractivity contribution in [3.63, 3.8) is 0 Å². The van der Waals surface area contributed by atoms with Crippen molar-refractivity contribution in [2.75, 3.05) is 26.7 Å². The first-order valence-electron chi connectivity index (χ1n) is 7.37. The van der Waals surface area contributed by atoms with Gasteiger partial charge >= 0.3 is 0 Å². The second-order valence-corrected chi connectivity index (χ2v) is 5.65. The SMILES string of the molecule is CN(CCc1ccccc1)CCC(CO)NC1CC1. The molecule has 1 aliphatic carbocycles. The van der Waals surface area contributed by atoms with Crippen molar-refractivity contribution in [2.24, 2.45) is 0 Å². The Morgan fingerprint density at radius 3 is 2.63 bits per heavy atom. The Kier molecular flexibility index (Phi) is 5.83. The molecule has 1 saturated carbocycles. The summed E-state index contributed by atoms with van der Waals surface area (Å²) in [5.74, 6) is 0. The maximum Gasteiger partial charge on any atom is 0.0585 e. The fraction of sp³-hybridized carbons (Fsp3) is 0.625. The number of aliphatic hydroxyl groups is 1. The summed E-state index contributed by atoms with van der Waals surface area (Å²) in [5, 5.41) is 12.8. The molecule has 2 N–H and O–H groups in total. The van der Waals surface area contributed by atoms with E-state index in [1.807, 2.05) is 0 Å². The number of nitrogens with one attached hydrogen (secondary N) is 1. The van der Waals surface area contributed by atoms with Crippen molar-refractivity contribution in [3.8, 4) is 0 Å². The summed E-state index contributed by atoms with van der Waals surface area (Å²) in [6, 6.07) is 11.5. The number of likely N-dealkylation sites (N-methyl/N-ethyl adjacent to an activating group) is 1. The fourth-order valence-electron chi connectivity index (χ4n) is 2.26. The molecule has 0 saturated heterocycles. The van der Waals surface area contributed by atoms with Gasteiger partial charge in [-0.15, -0.1) is 0 Å². The molecule has 1 aliphatic rings. The fourth-order valence-corrected chi connectivity index (χ4v) is 2.26. The second-order valence-electron chi connectivity index (χ2n) is 5.65. The lowest BCUT2D eigenvalue weighted by Gasteiger charge is -2.21. The van der Waals surface area contributed by atoms with E-state index in [0.717, 1.165) is 25.9 Å². The van der Waals surface area contributed by atoms with Crippen molar-refractivity contribution in [2.45, 2.75) is 37.8 Å². The maximum atomic E-state index is 9.34. The number of rotatable bonds is 9. The monoisotopic (exact) mass is 262 g/mol. The van der Waals surface area contributed by atoms with Gasteiger partial charge in [-0.25, -0.2) is 0 Å². The molecule has 0 radical (unpaired) electrons. The topological polar surface area (TPSA) is 35.5 Å². The predicted octanol–water partition coefficient (Wildman–Crippen LogP) is 1.66. The van der Waals surface area contributed by atoms with E-state index in [1.165, 1.54) is 18.4 Å². The molecular formula is C16H26N2O. The van der Waals surface area contributed by atoms with Crippen LogP contribution in [0, 0.1) is 0 Å². The van der Waals surface area contributed by atoms with Gasteiger partial charge in [-0.2, -0.15) is 0 Å². The van der Waals surface area contributed by atoms with E-state index in [0.29, 0.717) is 6.04 Å². The van der Waals surface area contributed by atoms with Crippen LogP contribution in [-0.2, 0) is 6.42 Å². The van der Waals surface area contributed by atoms with E-state index < -0.39 is 0 Å². The maximum absolute atomic E-state index is 9.34. The number of nitrogens with zero attached hydrogens (tertiary/aromatic N) is 1. The Balaban J connectivity index is 1.61. The van der Waals surface area contributed by atoms with E-state index in [1.54, 1.807) is 0 Å². The molecule has 0 bridgehead atoms. The van der Waals surface area contributed by atoms with Crippen LogP contribution in [0.2, 0.25) is 0 Å². The van der Waals surface area contributed by atoms with Crippen molar-refractivity contribution >= 4 is 0 Å². The van der Waals surface area contributed by atoms with E-state index in [9.17, 15) is 5.11 Å². The Labute approximate surface area is 116 Å². The molecule has 1 atom stereocenters. The zero-order valence-electron chi connectivity index (χ0n) is 11.9. The number of benzene rings is 1. The first-order valence-corrected chi connectivity index (χ1v) is 7.37. The predicted molar refractivity (Wildman–Crippen MR) is 79.3 cm³/mol. The minimum atomic E-state index is 0.253. The van der Waals surface area contributed by atoms with Crippen LogP contribution < -0.4 is 5.32 Å². The van der Waals surface area contributed by atoms with Gasteiger partial charge in [-0.05, 0) is 44.8 Å². The Morgan fingerprint density at radius 1 is 1.26 bits per heavy atom. The summed E-state index contributed by atoms with van der Waals surface area (Å²) in [6.45, 7) is 2.37. The zero-order chi connectivity index (χ0) is 13.5. The molecule has 1 unspecified atom stereocenters. The molecule has 0 heterocycles. The number of hydrogen-bond acceptors (Lipinski definition) is 3. The van der Waals surface area contributed by atoms with Crippen molar-refractivity contribution in [3.05, 3.63) is 35.9 Å². The summed E-state index contributed by atoms with van der Waals surface area (Å²) in [6.07, 6.45) is 4.68. The number of hydrogen-bond donors (Lipinski definition) is 2. The Hall–Kier alpha value is -0.900. The third-order valence-corrected chi connectivity index (χ3v) is 3.75. The lowest BCUT2D eigenvalue weighted by Crippen LogP contribution is -2.37. The summed E-state index contributed by atoms with van der Waals surface area (Å²) in [5.41, 5.74) is 1.39. The standard InChI is InChI=1S/C16H26N2O/c1-18(11-9-14-5-3-2-4-6-14)12-10-16(13-19)17-15-7-8-15/h2-6,15-17,19H,7-13H2,1H3. The summed E-state index contributed by atoms with van der Waals surface area (Å²) < 4.78 is 0. The molecule has 1 aromatic carbocycles. The lowest BCUT2D eigenvalue weighted by molar-refractivity contribution is 0.216. The summed E-state index contributed by atoms with van der Waals surface area (Å²) in [4.78, 5) is 2.35. The first kappa shape index (κ1) is 14.5. The van der Waals surface area contributed by atoms with Gasteiger partial charge in [0.15, 0.2) is 0 Å². The van der Waals surface area contributed by atoms with Crippen LogP contribution in [0.4, 0.5) is 0 Å². The van der Waals surface area contributed by atoms with Crippen LogP contribution in [0.15, 0.2) is 30.3 Å². The smallest absolute Gasteiger partial charge is 0.0585 e. The van der Waals surface area contributed by atoms with Gasteiger partial charge in [0.1, 0.15) is 0 Å². The number of aliphatic hydroxyl groups excluding tert-OH is 1. The van der Waals surface area contributed by atoms with Gasteiger partial charge < -0.3 is 15.3 Å². The van der Waals surface area contributed by atoms with Crippen LogP contribution in [0.1, 0.15) is 24.8 Å². The van der Waals surface area contributed by atoms with E-state index in [2.05, 4.69) is 47.6 Å². The van der Waals surface area contributed by atoms with Gasteiger partial charge in [0, 0.05) is 18.6 Å². The van der Waals surface area contributed by atoms with Crippen molar-refractivity contribution in [1.29, 1.82) is 0 Å². The van der Waals surface area contributed by atoms with Gasteiger partial charge in [0.2, 0.25) is 0 Å². The first-order chi connectivity index (χ1) is 9.28. The van der Waals surface area contributed by atoms with E-state index in [4.69, 9.17) is 0 Å². The van der Waals surface area contributed by atoms with Gasteiger partial charge in [-0.1, -0.05) is 30.3 Å². The van der Waals surface area contributed by atoms with Gasteiger partial charge in [0.05, 0.1) is 6.61 Å². The molecule has 0 aliphatic heterocycles. The highest BCUT2D eigenvalue weighted by atomic mass is 16.3. The summed E-state index contributed by atoms with van der Waals surface area (Å²) >= 11 is 0. The van der Waals surface area contributed by atoms with Crippen molar-refractivity contribution in [1.82, 2.24) is 10.2 Å². The minimum Gasteiger partial charge on any atom is -0.395 e. The Bertz CT molecular complexity index is 351. The molecule has 3 nitrogen and oxygen atoms in total. The molecule has 3 heteroatoms. The molecule has 106 valence electrons. The zero-order valence-corrected chi connectivity index (χ0v) is 11.9. The molecule has 19 heavy (non-hydrogen) atoms. The molecule has 1 fully saturated rings. The molecule has 1 aromatic rings. The molecule has 2 rings (SSSR count). The molecule has 0 amide bonds. The normalized spacial score (nSPS) is 16.8. The van der Waals surface area contributed by atoms with Crippen LogP contribution in [0.25, 0.3) is 0 Å². The van der Waals surface area contributed by atoms with Crippen LogP contribution in [0.5, 0.6) is 0 Å². The highest BCUT2D eigenvalue weighted by Crippen LogP contribution is 2.19. The molecule has 0 spiro atoms.